The van der Waals surface area contributed by atoms with Crippen molar-refractivity contribution in [2.75, 3.05) is 6.61 Å². The fourth-order valence-electron chi connectivity index (χ4n) is 1.00. The molecule has 0 saturated heterocycles. The Morgan fingerprint density at radius 1 is 1.23 bits per heavy atom. The van der Waals surface area contributed by atoms with Gasteiger partial charge in [0.15, 0.2) is 0 Å². The minimum absolute atomic E-state index is 0. The molecule has 0 fully saturated rings. The monoisotopic (exact) mass is 186 g/mol. The van der Waals surface area contributed by atoms with Gasteiger partial charge < -0.3 is 9.90 Å². The van der Waals surface area contributed by atoms with Crippen LogP contribution in [0.15, 0.2) is 30.3 Å². The fourth-order valence-corrected chi connectivity index (χ4v) is 1.00. The largest absolute Gasteiger partial charge is 1.00 e. The first kappa shape index (κ1) is 12.8. The predicted octanol–water partition coefficient (Wildman–Crippen LogP) is -2.45. The molecule has 0 aliphatic rings. The maximum Gasteiger partial charge on any atom is 1.00 e. The molecule has 0 saturated carbocycles. The van der Waals surface area contributed by atoms with Crippen LogP contribution >= 0.6 is 0 Å². The second-order valence-corrected chi connectivity index (χ2v) is 2.67. The molecular formula is C10H11NaO2. The average Bonchev–Trinajstić information content (AvgIpc) is 2.16. The van der Waals surface area contributed by atoms with Crippen molar-refractivity contribution >= 4 is 5.78 Å². The summed E-state index contributed by atoms with van der Waals surface area (Å²) in [7, 11) is 0. The van der Waals surface area contributed by atoms with Gasteiger partial charge in [0.25, 0.3) is 0 Å². The summed E-state index contributed by atoms with van der Waals surface area (Å²) in [5, 5.41) is 10.1. The van der Waals surface area contributed by atoms with E-state index in [-0.39, 0.29) is 35.3 Å². The molecule has 0 aliphatic carbocycles. The van der Waals surface area contributed by atoms with E-state index >= 15 is 0 Å². The van der Waals surface area contributed by atoms with Gasteiger partial charge in [-0.05, 0) is 12.0 Å². The smallest absolute Gasteiger partial charge is 0.849 e. The summed E-state index contributed by atoms with van der Waals surface area (Å²) in [6.07, 6.45) is 1.05. The van der Waals surface area contributed by atoms with Crippen LogP contribution in [0.1, 0.15) is 12.0 Å². The van der Waals surface area contributed by atoms with Gasteiger partial charge in [0.2, 0.25) is 0 Å². The standard InChI is InChI=1S/C10H11O2.Na/c11-8-10(12)7-6-9-4-2-1-3-5-9;/h1-5H,6-8H2;/q-1;+1. The number of benzene rings is 1. The van der Waals surface area contributed by atoms with Gasteiger partial charge in [0.05, 0.1) is 0 Å². The van der Waals surface area contributed by atoms with E-state index in [0.717, 1.165) is 5.56 Å². The Morgan fingerprint density at radius 3 is 2.38 bits per heavy atom. The van der Waals surface area contributed by atoms with E-state index in [2.05, 4.69) is 0 Å². The molecule has 64 valence electrons. The minimum atomic E-state index is -0.590. The zero-order chi connectivity index (χ0) is 8.81. The van der Waals surface area contributed by atoms with Crippen LogP contribution in [0, 0.1) is 0 Å². The Bertz CT molecular complexity index is 246. The van der Waals surface area contributed by atoms with Gasteiger partial charge in [-0.3, -0.25) is 0 Å². The molecule has 0 amide bonds. The van der Waals surface area contributed by atoms with Crippen LogP contribution in [0.4, 0.5) is 0 Å². The Morgan fingerprint density at radius 2 is 1.85 bits per heavy atom. The van der Waals surface area contributed by atoms with Gasteiger partial charge in [0, 0.05) is 6.42 Å². The number of aryl methyl sites for hydroxylation is 1. The van der Waals surface area contributed by atoms with Crippen molar-refractivity contribution < 1.29 is 39.5 Å². The fraction of sp³-hybridized carbons (Fsp3) is 0.300. The van der Waals surface area contributed by atoms with Crippen LogP contribution in [0.3, 0.4) is 0 Å². The third kappa shape index (κ3) is 5.21. The number of hydrogen-bond donors (Lipinski definition) is 0. The third-order valence-corrected chi connectivity index (χ3v) is 1.70. The second-order valence-electron chi connectivity index (χ2n) is 2.67. The van der Waals surface area contributed by atoms with Crippen LogP contribution < -0.4 is 34.7 Å². The number of carbonyl (C=O) groups is 1. The van der Waals surface area contributed by atoms with Gasteiger partial charge in [-0.15, -0.1) is 0 Å². The van der Waals surface area contributed by atoms with Crippen molar-refractivity contribution in [3.05, 3.63) is 35.9 Å². The van der Waals surface area contributed by atoms with E-state index in [1.54, 1.807) is 0 Å². The van der Waals surface area contributed by atoms with Gasteiger partial charge in [-0.2, -0.15) is 0 Å². The van der Waals surface area contributed by atoms with E-state index in [4.69, 9.17) is 0 Å². The van der Waals surface area contributed by atoms with Crippen LogP contribution in [0.5, 0.6) is 0 Å². The molecule has 3 heteroatoms. The molecule has 0 spiro atoms. The Kier molecular flexibility index (Phi) is 7.19. The number of ketones is 1. The second kappa shape index (κ2) is 7.27. The summed E-state index contributed by atoms with van der Waals surface area (Å²) in [6, 6.07) is 9.70. The number of hydrogen-bond acceptors (Lipinski definition) is 2. The summed E-state index contributed by atoms with van der Waals surface area (Å²) >= 11 is 0. The number of carbonyl (C=O) groups excluding carboxylic acids is 1. The Hall–Kier alpha value is -0.150. The normalized spacial score (nSPS) is 9.00. The first-order valence-electron chi connectivity index (χ1n) is 3.96. The van der Waals surface area contributed by atoms with Crippen molar-refractivity contribution in [3.63, 3.8) is 0 Å². The van der Waals surface area contributed by atoms with E-state index < -0.39 is 6.61 Å². The number of Topliss-reactive ketones (excluding diaryl/α,β-unsaturated/α-hetero) is 1. The van der Waals surface area contributed by atoms with Gasteiger partial charge in [0.1, 0.15) is 5.78 Å². The van der Waals surface area contributed by atoms with Crippen molar-refractivity contribution in [1.82, 2.24) is 0 Å². The molecule has 0 N–H and O–H groups in total. The Balaban J connectivity index is 0.00000144. The SMILES string of the molecule is O=C(C[O-])CCc1ccccc1.[Na+]. The molecule has 0 unspecified atom stereocenters. The van der Waals surface area contributed by atoms with E-state index in [1.165, 1.54) is 0 Å². The first-order chi connectivity index (χ1) is 5.83. The van der Waals surface area contributed by atoms with E-state index in [1.807, 2.05) is 30.3 Å². The van der Waals surface area contributed by atoms with Crippen LogP contribution in [0.25, 0.3) is 0 Å². The maximum atomic E-state index is 10.7. The molecule has 1 aromatic rings. The molecule has 0 aliphatic heterocycles. The van der Waals surface area contributed by atoms with Gasteiger partial charge in [-0.1, -0.05) is 36.9 Å². The summed E-state index contributed by atoms with van der Waals surface area (Å²) in [5.74, 6) is -0.209. The third-order valence-electron chi connectivity index (χ3n) is 1.70. The molecule has 1 rings (SSSR count). The summed E-state index contributed by atoms with van der Waals surface area (Å²) in [5.41, 5.74) is 1.11. The van der Waals surface area contributed by atoms with Crippen LogP contribution in [0.2, 0.25) is 0 Å². The molecule has 13 heavy (non-hydrogen) atoms. The van der Waals surface area contributed by atoms with E-state index in [0.29, 0.717) is 12.8 Å². The quantitative estimate of drug-likeness (QED) is 0.490. The molecular weight excluding hydrogens is 175 g/mol. The predicted molar refractivity (Wildman–Crippen MR) is 44.6 cm³/mol. The molecule has 0 heterocycles. The van der Waals surface area contributed by atoms with Crippen molar-refractivity contribution in [2.24, 2.45) is 0 Å². The summed E-state index contributed by atoms with van der Waals surface area (Å²) < 4.78 is 0. The molecule has 0 aromatic heterocycles. The topological polar surface area (TPSA) is 40.1 Å². The van der Waals surface area contributed by atoms with Crippen molar-refractivity contribution in [1.29, 1.82) is 0 Å². The summed E-state index contributed by atoms with van der Waals surface area (Å²) in [4.78, 5) is 10.7. The Labute approximate surface area is 100 Å². The van der Waals surface area contributed by atoms with Crippen LogP contribution in [-0.2, 0) is 11.2 Å². The molecule has 0 bridgehead atoms. The van der Waals surface area contributed by atoms with Crippen molar-refractivity contribution in [3.8, 4) is 0 Å². The molecule has 0 radical (unpaired) electrons. The zero-order valence-corrected chi connectivity index (χ0v) is 9.82. The van der Waals surface area contributed by atoms with Gasteiger partial charge in [-0.25, -0.2) is 0 Å². The zero-order valence-electron chi connectivity index (χ0n) is 7.82. The van der Waals surface area contributed by atoms with Crippen molar-refractivity contribution in [2.45, 2.75) is 12.8 Å². The maximum absolute atomic E-state index is 10.7. The summed E-state index contributed by atoms with van der Waals surface area (Å²) in [6.45, 7) is -0.590. The van der Waals surface area contributed by atoms with Crippen LogP contribution in [-0.4, -0.2) is 12.4 Å². The minimum Gasteiger partial charge on any atom is -0.849 e. The first-order valence-corrected chi connectivity index (χ1v) is 3.96. The molecule has 1 aromatic carbocycles. The number of rotatable bonds is 4. The van der Waals surface area contributed by atoms with E-state index in [9.17, 15) is 9.90 Å². The average molecular weight is 186 g/mol. The van der Waals surface area contributed by atoms with Gasteiger partial charge >= 0.3 is 29.6 Å². The molecule has 2 nitrogen and oxygen atoms in total. The molecule has 0 atom stereocenters.